The van der Waals surface area contributed by atoms with E-state index in [0.29, 0.717) is 11.6 Å². The summed E-state index contributed by atoms with van der Waals surface area (Å²) in [4.78, 5) is 18.8. The number of nitrogens with zero attached hydrogens (tertiary/aromatic N) is 1. The van der Waals surface area contributed by atoms with Crippen molar-refractivity contribution in [2.24, 2.45) is 5.73 Å². The molecule has 5 nitrogen and oxygen atoms in total. The summed E-state index contributed by atoms with van der Waals surface area (Å²) in [6.07, 6.45) is 0. The van der Waals surface area contributed by atoms with Gasteiger partial charge in [-0.25, -0.2) is 4.98 Å². The van der Waals surface area contributed by atoms with Gasteiger partial charge in [0.2, 0.25) is 0 Å². The monoisotopic (exact) mass is 272 g/mol. The third-order valence-corrected chi connectivity index (χ3v) is 3.02. The minimum atomic E-state index is -0.163. The van der Waals surface area contributed by atoms with E-state index < -0.39 is 0 Å². The van der Waals surface area contributed by atoms with E-state index in [4.69, 9.17) is 5.73 Å². The van der Waals surface area contributed by atoms with Gasteiger partial charge in [0.1, 0.15) is 11.6 Å². The summed E-state index contributed by atoms with van der Waals surface area (Å²) in [5.74, 6) is 1.36. The quantitative estimate of drug-likeness (QED) is 0.799. The third-order valence-electron chi connectivity index (χ3n) is 3.02. The lowest BCUT2D eigenvalue weighted by atomic mass is 10.1. The summed E-state index contributed by atoms with van der Waals surface area (Å²) in [7, 11) is 0. The highest BCUT2D eigenvalue weighted by atomic mass is 16.1. The number of aromatic nitrogens is 2. The van der Waals surface area contributed by atoms with Gasteiger partial charge in [0, 0.05) is 23.7 Å². The molecule has 0 amide bonds. The number of nitrogens with two attached hydrogens (primary N) is 1. The second-order valence-electron chi connectivity index (χ2n) is 5.17. The average molecular weight is 272 g/mol. The van der Waals surface area contributed by atoms with Gasteiger partial charge in [0.15, 0.2) is 0 Å². The van der Waals surface area contributed by atoms with Crippen molar-refractivity contribution < 1.29 is 0 Å². The molecule has 2 rings (SSSR count). The Kier molecular flexibility index (Phi) is 4.20. The zero-order valence-electron chi connectivity index (χ0n) is 12.0. The maximum absolute atomic E-state index is 11.7. The standard InChI is InChI=1S/C15H20N4O/c1-9(2)15-18-13(8-14(20)19-15)17-12-7-5-4-6-11(12)10(3)16/h4-10H,16H2,1-3H3,(H2,17,18,19,20). The Balaban J connectivity index is 2.38. The highest BCUT2D eigenvalue weighted by molar-refractivity contribution is 5.61. The molecule has 1 aromatic heterocycles. The first-order chi connectivity index (χ1) is 9.47. The van der Waals surface area contributed by atoms with Crippen LogP contribution in [0.5, 0.6) is 0 Å². The van der Waals surface area contributed by atoms with Crippen molar-refractivity contribution in [3.8, 4) is 0 Å². The Bertz CT molecular complexity index is 646. The number of nitrogens with one attached hydrogen (secondary N) is 2. The molecule has 0 radical (unpaired) electrons. The van der Waals surface area contributed by atoms with Gasteiger partial charge in [-0.2, -0.15) is 0 Å². The van der Waals surface area contributed by atoms with Crippen molar-refractivity contribution in [3.63, 3.8) is 0 Å². The zero-order valence-corrected chi connectivity index (χ0v) is 12.0. The normalized spacial score (nSPS) is 12.4. The Hall–Kier alpha value is -2.14. The molecule has 0 fully saturated rings. The topological polar surface area (TPSA) is 83.8 Å². The molecule has 1 unspecified atom stereocenters. The molecule has 20 heavy (non-hydrogen) atoms. The minimum Gasteiger partial charge on any atom is -0.340 e. The number of aromatic amines is 1. The van der Waals surface area contributed by atoms with Crippen LogP contribution in [0.25, 0.3) is 0 Å². The smallest absolute Gasteiger partial charge is 0.252 e. The summed E-state index contributed by atoms with van der Waals surface area (Å²) in [6.45, 7) is 5.89. The highest BCUT2D eigenvalue weighted by Crippen LogP contribution is 2.23. The van der Waals surface area contributed by atoms with Crippen LogP contribution in [0, 0.1) is 0 Å². The molecule has 1 atom stereocenters. The Morgan fingerprint density at radius 1 is 1.25 bits per heavy atom. The molecule has 0 saturated carbocycles. The fourth-order valence-electron chi connectivity index (χ4n) is 1.96. The van der Waals surface area contributed by atoms with Gasteiger partial charge >= 0.3 is 0 Å². The fourth-order valence-corrected chi connectivity index (χ4v) is 1.96. The van der Waals surface area contributed by atoms with E-state index in [0.717, 1.165) is 11.3 Å². The second-order valence-corrected chi connectivity index (χ2v) is 5.17. The lowest BCUT2D eigenvalue weighted by Gasteiger charge is -2.14. The molecule has 0 aliphatic heterocycles. The van der Waals surface area contributed by atoms with E-state index in [1.807, 2.05) is 45.0 Å². The summed E-state index contributed by atoms with van der Waals surface area (Å²) >= 11 is 0. The number of benzene rings is 1. The molecule has 0 spiro atoms. The van der Waals surface area contributed by atoms with Gasteiger partial charge in [0.25, 0.3) is 5.56 Å². The van der Waals surface area contributed by atoms with Gasteiger partial charge in [0.05, 0.1) is 0 Å². The molecule has 0 saturated heterocycles. The number of H-pyrrole nitrogens is 1. The molecular weight excluding hydrogens is 252 g/mol. The third kappa shape index (κ3) is 3.24. The number of para-hydroxylation sites is 1. The van der Waals surface area contributed by atoms with Crippen LogP contribution in [0.15, 0.2) is 35.1 Å². The van der Waals surface area contributed by atoms with Gasteiger partial charge in [-0.15, -0.1) is 0 Å². The van der Waals surface area contributed by atoms with E-state index in [2.05, 4.69) is 15.3 Å². The lowest BCUT2D eigenvalue weighted by Crippen LogP contribution is -2.14. The Labute approximate surface area is 118 Å². The van der Waals surface area contributed by atoms with Crippen molar-refractivity contribution in [1.82, 2.24) is 9.97 Å². The van der Waals surface area contributed by atoms with Crippen molar-refractivity contribution in [2.45, 2.75) is 32.7 Å². The molecule has 106 valence electrons. The number of rotatable bonds is 4. The molecule has 0 aliphatic carbocycles. The fraction of sp³-hybridized carbons (Fsp3) is 0.333. The minimum absolute atomic E-state index is 0.0923. The van der Waals surface area contributed by atoms with Crippen LogP contribution < -0.4 is 16.6 Å². The molecule has 1 aromatic carbocycles. The Morgan fingerprint density at radius 3 is 2.60 bits per heavy atom. The Morgan fingerprint density at radius 2 is 1.95 bits per heavy atom. The largest absolute Gasteiger partial charge is 0.340 e. The SMILES string of the molecule is CC(C)c1nc(Nc2ccccc2C(C)N)cc(=O)[nH]1. The molecule has 1 heterocycles. The zero-order chi connectivity index (χ0) is 14.7. The van der Waals surface area contributed by atoms with E-state index in [1.54, 1.807) is 0 Å². The summed E-state index contributed by atoms with van der Waals surface area (Å²) in [5, 5.41) is 3.18. The van der Waals surface area contributed by atoms with Crippen molar-refractivity contribution in [1.29, 1.82) is 0 Å². The van der Waals surface area contributed by atoms with Crippen LogP contribution in [-0.2, 0) is 0 Å². The first-order valence-corrected chi connectivity index (χ1v) is 6.70. The first-order valence-electron chi connectivity index (χ1n) is 6.70. The van der Waals surface area contributed by atoms with Crippen LogP contribution >= 0.6 is 0 Å². The summed E-state index contributed by atoms with van der Waals surface area (Å²) < 4.78 is 0. The van der Waals surface area contributed by atoms with Gasteiger partial charge in [-0.3, -0.25) is 4.79 Å². The predicted octanol–water partition coefficient (Wildman–Crippen LogP) is 2.66. The average Bonchev–Trinajstić information content (AvgIpc) is 2.38. The maximum atomic E-state index is 11.7. The van der Waals surface area contributed by atoms with Gasteiger partial charge in [-0.05, 0) is 18.6 Å². The van der Waals surface area contributed by atoms with E-state index in [-0.39, 0.29) is 17.5 Å². The van der Waals surface area contributed by atoms with Crippen LogP contribution in [0.4, 0.5) is 11.5 Å². The second kappa shape index (κ2) is 5.88. The molecule has 0 bridgehead atoms. The van der Waals surface area contributed by atoms with E-state index >= 15 is 0 Å². The predicted molar refractivity (Wildman–Crippen MR) is 81.3 cm³/mol. The van der Waals surface area contributed by atoms with Crippen LogP contribution in [0.2, 0.25) is 0 Å². The van der Waals surface area contributed by atoms with E-state index in [9.17, 15) is 4.79 Å². The van der Waals surface area contributed by atoms with E-state index in [1.165, 1.54) is 6.07 Å². The molecule has 2 aromatic rings. The lowest BCUT2D eigenvalue weighted by molar-refractivity contribution is 0.768. The van der Waals surface area contributed by atoms with Gasteiger partial charge < -0.3 is 16.0 Å². The number of anilines is 2. The summed E-state index contributed by atoms with van der Waals surface area (Å²) in [5.41, 5.74) is 7.64. The molecular formula is C15H20N4O. The van der Waals surface area contributed by atoms with Crippen molar-refractivity contribution in [2.75, 3.05) is 5.32 Å². The van der Waals surface area contributed by atoms with Crippen LogP contribution in [0.1, 0.15) is 44.1 Å². The van der Waals surface area contributed by atoms with Crippen LogP contribution in [0.3, 0.4) is 0 Å². The highest BCUT2D eigenvalue weighted by Gasteiger charge is 2.09. The first kappa shape index (κ1) is 14.3. The van der Waals surface area contributed by atoms with Gasteiger partial charge in [-0.1, -0.05) is 32.0 Å². The van der Waals surface area contributed by atoms with Crippen LogP contribution in [-0.4, -0.2) is 9.97 Å². The number of hydrogen-bond acceptors (Lipinski definition) is 4. The molecule has 0 aliphatic rings. The molecule has 5 heteroatoms. The molecule has 4 N–H and O–H groups in total. The number of hydrogen-bond donors (Lipinski definition) is 3. The summed E-state index contributed by atoms with van der Waals surface area (Å²) in [6, 6.07) is 9.11. The maximum Gasteiger partial charge on any atom is 0.252 e. The van der Waals surface area contributed by atoms with Crippen molar-refractivity contribution >= 4 is 11.5 Å². The van der Waals surface area contributed by atoms with Crippen molar-refractivity contribution in [3.05, 3.63) is 52.1 Å².